The maximum Gasteiger partial charge on any atom is 0.268 e. The quantitative estimate of drug-likeness (QED) is 0.797. The van der Waals surface area contributed by atoms with Crippen LogP contribution in [0.15, 0.2) is 15.6 Å². The van der Waals surface area contributed by atoms with E-state index < -0.39 is 0 Å². The van der Waals surface area contributed by atoms with Crippen LogP contribution in [0.1, 0.15) is 13.3 Å². The molecule has 5 nitrogen and oxygen atoms in total. The third-order valence-electron chi connectivity index (χ3n) is 1.58. The lowest BCUT2D eigenvalue weighted by molar-refractivity contribution is 0.0986. The number of hydrogen-bond acceptors (Lipinski definition) is 4. The number of aromatic nitrogens is 2. The fraction of sp³-hybridized carbons (Fsp3) is 0.556. The predicted molar refractivity (Wildman–Crippen MR) is 59.2 cm³/mol. The summed E-state index contributed by atoms with van der Waals surface area (Å²) in [5.41, 5.74) is -0.255. The predicted octanol–water partition coefficient (Wildman–Crippen LogP) is 1.34. The van der Waals surface area contributed by atoms with Crippen molar-refractivity contribution in [2.24, 2.45) is 0 Å². The lowest BCUT2D eigenvalue weighted by Crippen LogP contribution is -2.13. The van der Waals surface area contributed by atoms with Crippen molar-refractivity contribution in [3.63, 3.8) is 0 Å². The van der Waals surface area contributed by atoms with Gasteiger partial charge in [0, 0.05) is 6.61 Å². The van der Waals surface area contributed by atoms with Crippen molar-refractivity contribution in [1.29, 1.82) is 0 Å². The van der Waals surface area contributed by atoms with E-state index in [2.05, 4.69) is 25.9 Å². The van der Waals surface area contributed by atoms with Crippen LogP contribution in [0.25, 0.3) is 0 Å². The average Bonchev–Trinajstić information content (AvgIpc) is 2.24. The highest BCUT2D eigenvalue weighted by atomic mass is 79.9. The minimum Gasteiger partial charge on any atom is -0.474 e. The standard InChI is InChI=1S/C9H13BrN2O3/c1-2-3-14-4-5-15-9-7(10)8(13)11-6-12-9/h6H,2-5H2,1H3,(H,11,12,13). The molecule has 0 saturated carbocycles. The molecule has 0 saturated heterocycles. The highest BCUT2D eigenvalue weighted by Gasteiger charge is 2.05. The monoisotopic (exact) mass is 276 g/mol. The maximum atomic E-state index is 11.1. The lowest BCUT2D eigenvalue weighted by Gasteiger charge is -2.06. The number of nitrogens with zero attached hydrogens (tertiary/aromatic N) is 1. The molecule has 1 aromatic heterocycles. The van der Waals surface area contributed by atoms with E-state index in [1.54, 1.807) is 0 Å². The number of halogens is 1. The summed E-state index contributed by atoms with van der Waals surface area (Å²) in [5.74, 6) is 0.291. The van der Waals surface area contributed by atoms with Crippen molar-refractivity contribution in [2.45, 2.75) is 13.3 Å². The zero-order valence-electron chi connectivity index (χ0n) is 8.46. The minimum atomic E-state index is -0.255. The summed E-state index contributed by atoms with van der Waals surface area (Å²) < 4.78 is 10.8. The van der Waals surface area contributed by atoms with E-state index in [4.69, 9.17) is 9.47 Å². The first-order chi connectivity index (χ1) is 7.25. The van der Waals surface area contributed by atoms with Gasteiger partial charge in [0.1, 0.15) is 11.1 Å². The number of rotatable bonds is 6. The van der Waals surface area contributed by atoms with Crippen LogP contribution in [0.3, 0.4) is 0 Å². The maximum absolute atomic E-state index is 11.1. The number of ether oxygens (including phenoxy) is 2. The van der Waals surface area contributed by atoms with Gasteiger partial charge in [0.2, 0.25) is 5.88 Å². The van der Waals surface area contributed by atoms with Crippen molar-refractivity contribution in [3.8, 4) is 5.88 Å². The second-order valence-corrected chi connectivity index (χ2v) is 3.60. The largest absolute Gasteiger partial charge is 0.474 e. The zero-order valence-corrected chi connectivity index (χ0v) is 10.0. The highest BCUT2D eigenvalue weighted by molar-refractivity contribution is 9.10. The summed E-state index contributed by atoms with van der Waals surface area (Å²) in [5, 5.41) is 0. The molecule has 0 atom stereocenters. The molecular weight excluding hydrogens is 264 g/mol. The molecule has 1 aromatic rings. The normalized spacial score (nSPS) is 10.3. The molecule has 15 heavy (non-hydrogen) atoms. The molecule has 0 aliphatic rings. The van der Waals surface area contributed by atoms with Gasteiger partial charge in [0.25, 0.3) is 5.56 Å². The van der Waals surface area contributed by atoms with Crippen molar-refractivity contribution in [3.05, 3.63) is 21.2 Å². The Morgan fingerprint density at radius 3 is 3.00 bits per heavy atom. The van der Waals surface area contributed by atoms with E-state index in [9.17, 15) is 4.79 Å². The topological polar surface area (TPSA) is 64.2 Å². The van der Waals surface area contributed by atoms with Gasteiger partial charge < -0.3 is 14.5 Å². The molecule has 0 amide bonds. The van der Waals surface area contributed by atoms with Crippen molar-refractivity contribution in [2.75, 3.05) is 19.8 Å². The van der Waals surface area contributed by atoms with E-state index in [-0.39, 0.29) is 5.56 Å². The molecule has 0 aliphatic carbocycles. The smallest absolute Gasteiger partial charge is 0.268 e. The summed E-state index contributed by atoms with van der Waals surface area (Å²) >= 11 is 3.09. The highest BCUT2D eigenvalue weighted by Crippen LogP contribution is 2.15. The molecule has 1 rings (SSSR count). The van der Waals surface area contributed by atoms with Gasteiger partial charge in [-0.25, -0.2) is 4.98 Å². The van der Waals surface area contributed by atoms with Crippen LogP contribution in [-0.4, -0.2) is 29.8 Å². The number of aromatic amines is 1. The Balaban J connectivity index is 2.38. The second kappa shape index (κ2) is 6.58. The van der Waals surface area contributed by atoms with Crippen molar-refractivity contribution >= 4 is 15.9 Å². The molecule has 0 unspecified atom stereocenters. The van der Waals surface area contributed by atoms with Gasteiger partial charge in [-0.3, -0.25) is 4.79 Å². The summed E-state index contributed by atoms with van der Waals surface area (Å²) in [6, 6.07) is 0. The first-order valence-corrected chi connectivity index (χ1v) is 5.48. The second-order valence-electron chi connectivity index (χ2n) is 2.81. The Morgan fingerprint density at radius 2 is 2.27 bits per heavy atom. The molecular formula is C9H13BrN2O3. The number of hydrogen-bond donors (Lipinski definition) is 1. The van der Waals surface area contributed by atoms with Crippen LogP contribution in [0.4, 0.5) is 0 Å². The molecule has 0 spiro atoms. The molecule has 0 aromatic carbocycles. The van der Waals surface area contributed by atoms with Gasteiger partial charge in [-0.1, -0.05) is 6.92 Å². The van der Waals surface area contributed by atoms with Crippen molar-refractivity contribution < 1.29 is 9.47 Å². The van der Waals surface area contributed by atoms with E-state index in [0.717, 1.165) is 6.42 Å². The summed E-state index contributed by atoms with van der Waals surface area (Å²) in [6.07, 6.45) is 2.28. The molecule has 1 heterocycles. The first kappa shape index (κ1) is 12.2. The average molecular weight is 277 g/mol. The SMILES string of the molecule is CCCOCCOc1nc[nH]c(=O)c1Br. The Hall–Kier alpha value is -0.880. The van der Waals surface area contributed by atoms with Crippen LogP contribution in [0, 0.1) is 0 Å². The fourth-order valence-corrected chi connectivity index (χ4v) is 1.24. The zero-order chi connectivity index (χ0) is 11.1. The van der Waals surface area contributed by atoms with E-state index >= 15 is 0 Å². The van der Waals surface area contributed by atoms with Crippen LogP contribution >= 0.6 is 15.9 Å². The summed E-state index contributed by atoms with van der Waals surface area (Å²) in [4.78, 5) is 17.4. The Bertz CT molecular complexity index is 353. The molecule has 0 radical (unpaired) electrons. The molecule has 0 aliphatic heterocycles. The molecule has 6 heteroatoms. The van der Waals surface area contributed by atoms with Crippen molar-refractivity contribution in [1.82, 2.24) is 9.97 Å². The van der Waals surface area contributed by atoms with E-state index in [1.165, 1.54) is 6.33 Å². The summed E-state index contributed by atoms with van der Waals surface area (Å²) in [7, 11) is 0. The summed E-state index contributed by atoms with van der Waals surface area (Å²) in [6.45, 7) is 3.63. The van der Waals surface area contributed by atoms with Gasteiger partial charge in [0.05, 0.1) is 12.9 Å². The van der Waals surface area contributed by atoms with Gasteiger partial charge >= 0.3 is 0 Å². The van der Waals surface area contributed by atoms with Crippen LogP contribution in [0.5, 0.6) is 5.88 Å². The molecule has 84 valence electrons. The third-order valence-corrected chi connectivity index (χ3v) is 2.28. The third kappa shape index (κ3) is 4.01. The van der Waals surface area contributed by atoms with E-state index in [0.29, 0.717) is 30.2 Å². The van der Waals surface area contributed by atoms with E-state index in [1.807, 2.05) is 6.92 Å². The van der Waals surface area contributed by atoms with Gasteiger partial charge in [-0.2, -0.15) is 0 Å². The number of H-pyrrole nitrogens is 1. The molecule has 0 bridgehead atoms. The van der Waals surface area contributed by atoms with Gasteiger partial charge in [-0.05, 0) is 22.4 Å². The number of nitrogens with one attached hydrogen (secondary N) is 1. The molecule has 1 N–H and O–H groups in total. The Morgan fingerprint density at radius 1 is 1.47 bits per heavy atom. The van der Waals surface area contributed by atoms with Gasteiger partial charge in [0.15, 0.2) is 0 Å². The lowest BCUT2D eigenvalue weighted by atomic mass is 10.5. The van der Waals surface area contributed by atoms with Crippen LogP contribution in [-0.2, 0) is 4.74 Å². The fourth-order valence-electron chi connectivity index (χ4n) is 0.911. The van der Waals surface area contributed by atoms with Crippen LogP contribution in [0.2, 0.25) is 0 Å². The Labute approximate surface area is 96.0 Å². The van der Waals surface area contributed by atoms with Gasteiger partial charge in [-0.15, -0.1) is 0 Å². The van der Waals surface area contributed by atoms with Crippen LogP contribution < -0.4 is 10.3 Å². The minimum absolute atomic E-state index is 0.255. The molecule has 0 fully saturated rings. The Kier molecular flexibility index (Phi) is 5.34. The first-order valence-electron chi connectivity index (χ1n) is 4.69.